The van der Waals surface area contributed by atoms with Gasteiger partial charge in [0.1, 0.15) is 5.75 Å². The first-order chi connectivity index (χ1) is 9.98. The topological polar surface area (TPSA) is 74.2 Å². The molecule has 1 fully saturated rings. The summed E-state index contributed by atoms with van der Waals surface area (Å²) in [5, 5.41) is 4.01. The standard InChI is InChI=1S/C15H18BrN3O2.ClH/c1-9-4-5-12(11(16)8-9)20-10(2)13-18-14(19-21-13)15(17)6-3-7-15;/h4-5,8,10H,3,6-7,17H2,1-2H3;1H. The number of benzene rings is 1. The van der Waals surface area contributed by atoms with E-state index >= 15 is 0 Å². The largest absolute Gasteiger partial charge is 0.480 e. The van der Waals surface area contributed by atoms with Gasteiger partial charge in [-0.15, -0.1) is 12.4 Å². The van der Waals surface area contributed by atoms with E-state index in [1.54, 1.807) is 0 Å². The minimum absolute atomic E-state index is 0. The summed E-state index contributed by atoms with van der Waals surface area (Å²) in [6.07, 6.45) is 2.60. The van der Waals surface area contributed by atoms with Crippen LogP contribution in [-0.4, -0.2) is 10.1 Å². The van der Waals surface area contributed by atoms with Crippen molar-refractivity contribution in [3.05, 3.63) is 40.0 Å². The number of aryl methyl sites for hydroxylation is 1. The predicted molar refractivity (Wildman–Crippen MR) is 89.2 cm³/mol. The van der Waals surface area contributed by atoms with Gasteiger partial charge in [0.05, 0.1) is 10.0 Å². The molecule has 5 nitrogen and oxygen atoms in total. The van der Waals surface area contributed by atoms with Crippen LogP contribution in [0.15, 0.2) is 27.2 Å². The van der Waals surface area contributed by atoms with Crippen LogP contribution in [0.3, 0.4) is 0 Å². The summed E-state index contributed by atoms with van der Waals surface area (Å²) in [6.45, 7) is 3.91. The maximum Gasteiger partial charge on any atom is 0.267 e. The van der Waals surface area contributed by atoms with Crippen molar-refractivity contribution in [2.45, 2.75) is 44.8 Å². The lowest BCUT2D eigenvalue weighted by molar-refractivity contribution is 0.173. The van der Waals surface area contributed by atoms with Crippen molar-refractivity contribution in [1.82, 2.24) is 10.1 Å². The highest BCUT2D eigenvalue weighted by Crippen LogP contribution is 2.37. The van der Waals surface area contributed by atoms with E-state index in [0.29, 0.717) is 11.7 Å². The van der Waals surface area contributed by atoms with Crippen LogP contribution >= 0.6 is 28.3 Å². The number of hydrogen-bond acceptors (Lipinski definition) is 5. The molecule has 2 N–H and O–H groups in total. The van der Waals surface area contributed by atoms with Crippen LogP contribution in [0.25, 0.3) is 0 Å². The molecule has 1 saturated carbocycles. The second kappa shape index (κ2) is 6.56. The zero-order valence-electron chi connectivity index (χ0n) is 12.5. The zero-order valence-corrected chi connectivity index (χ0v) is 14.9. The molecule has 1 aromatic heterocycles. The highest BCUT2D eigenvalue weighted by atomic mass is 79.9. The van der Waals surface area contributed by atoms with Crippen molar-refractivity contribution in [2.24, 2.45) is 5.73 Å². The van der Waals surface area contributed by atoms with E-state index in [1.807, 2.05) is 32.0 Å². The Labute approximate surface area is 144 Å². The molecule has 2 aromatic rings. The molecule has 0 saturated heterocycles. The molecular weight excluding hydrogens is 370 g/mol. The van der Waals surface area contributed by atoms with Crippen LogP contribution in [0.5, 0.6) is 5.75 Å². The molecule has 0 spiro atoms. The first-order valence-corrected chi connectivity index (χ1v) is 7.83. The third-order valence-corrected chi connectivity index (χ3v) is 4.49. The fourth-order valence-corrected chi connectivity index (χ4v) is 2.91. The number of halogens is 2. The molecule has 1 aromatic carbocycles. The Morgan fingerprint density at radius 1 is 1.41 bits per heavy atom. The molecule has 3 rings (SSSR count). The lowest BCUT2D eigenvalue weighted by Crippen LogP contribution is -2.44. The van der Waals surface area contributed by atoms with Gasteiger partial charge in [0.2, 0.25) is 0 Å². The van der Waals surface area contributed by atoms with Crippen molar-refractivity contribution in [2.75, 3.05) is 0 Å². The molecule has 0 aliphatic heterocycles. The summed E-state index contributed by atoms with van der Waals surface area (Å²) in [5.74, 6) is 1.79. The first-order valence-electron chi connectivity index (χ1n) is 7.04. The predicted octanol–water partition coefficient (Wildman–Crippen LogP) is 4.04. The molecule has 1 aliphatic rings. The van der Waals surface area contributed by atoms with Gasteiger partial charge in [-0.3, -0.25) is 0 Å². The zero-order chi connectivity index (χ0) is 15.0. The van der Waals surface area contributed by atoms with Crippen LogP contribution in [0.4, 0.5) is 0 Å². The summed E-state index contributed by atoms with van der Waals surface area (Å²) in [7, 11) is 0. The molecule has 22 heavy (non-hydrogen) atoms. The number of ether oxygens (including phenoxy) is 1. The molecule has 1 atom stereocenters. The van der Waals surface area contributed by atoms with Gasteiger partial charge in [0.25, 0.3) is 5.89 Å². The Balaban J connectivity index is 0.00000176. The van der Waals surface area contributed by atoms with Crippen molar-refractivity contribution in [3.63, 3.8) is 0 Å². The molecule has 1 aliphatic carbocycles. The van der Waals surface area contributed by atoms with Crippen molar-refractivity contribution in [3.8, 4) is 5.75 Å². The molecule has 0 amide bonds. The summed E-state index contributed by atoms with van der Waals surface area (Å²) in [5.41, 5.74) is 6.95. The molecule has 7 heteroatoms. The molecule has 120 valence electrons. The summed E-state index contributed by atoms with van der Waals surface area (Å²) < 4.78 is 12.1. The Bertz CT molecular complexity index is 658. The van der Waals surface area contributed by atoms with E-state index in [-0.39, 0.29) is 18.5 Å². The average molecular weight is 389 g/mol. The van der Waals surface area contributed by atoms with Crippen molar-refractivity contribution < 1.29 is 9.26 Å². The van der Waals surface area contributed by atoms with E-state index in [1.165, 1.54) is 0 Å². The molecule has 0 radical (unpaired) electrons. The van der Waals surface area contributed by atoms with Gasteiger partial charge in [0, 0.05) is 0 Å². The number of rotatable bonds is 4. The van der Waals surface area contributed by atoms with Crippen LogP contribution in [-0.2, 0) is 5.54 Å². The smallest absolute Gasteiger partial charge is 0.267 e. The Morgan fingerprint density at radius 2 is 2.14 bits per heavy atom. The average Bonchev–Trinajstić information content (AvgIpc) is 2.89. The minimum Gasteiger partial charge on any atom is -0.480 e. The van der Waals surface area contributed by atoms with Gasteiger partial charge in [-0.05, 0) is 66.7 Å². The van der Waals surface area contributed by atoms with Gasteiger partial charge >= 0.3 is 0 Å². The highest BCUT2D eigenvalue weighted by Gasteiger charge is 2.39. The van der Waals surface area contributed by atoms with Gasteiger partial charge in [-0.25, -0.2) is 0 Å². The second-order valence-corrected chi connectivity index (χ2v) is 6.51. The summed E-state index contributed by atoms with van der Waals surface area (Å²) in [6, 6.07) is 5.92. The van der Waals surface area contributed by atoms with E-state index in [2.05, 4.69) is 26.1 Å². The molecule has 1 heterocycles. The Hall–Kier alpha value is -1.11. The number of nitrogens with zero attached hydrogens (tertiary/aromatic N) is 2. The molecular formula is C15H19BrClN3O2. The molecule has 0 bridgehead atoms. The van der Waals surface area contributed by atoms with E-state index in [4.69, 9.17) is 15.0 Å². The minimum atomic E-state index is -0.411. The number of aromatic nitrogens is 2. The van der Waals surface area contributed by atoms with Crippen LogP contribution < -0.4 is 10.5 Å². The Kier molecular flexibility index (Phi) is 5.14. The Morgan fingerprint density at radius 3 is 2.73 bits per heavy atom. The van der Waals surface area contributed by atoms with Crippen LogP contribution in [0.2, 0.25) is 0 Å². The van der Waals surface area contributed by atoms with E-state index in [9.17, 15) is 0 Å². The van der Waals surface area contributed by atoms with Gasteiger partial charge < -0.3 is 15.0 Å². The summed E-state index contributed by atoms with van der Waals surface area (Å²) >= 11 is 3.49. The van der Waals surface area contributed by atoms with Gasteiger partial charge in [-0.2, -0.15) is 4.98 Å². The SMILES string of the molecule is Cc1ccc(OC(C)c2nc(C3(N)CCC3)no2)c(Br)c1.Cl. The maximum absolute atomic E-state index is 6.20. The maximum atomic E-state index is 6.20. The van der Waals surface area contributed by atoms with Crippen molar-refractivity contribution >= 4 is 28.3 Å². The molecule has 1 unspecified atom stereocenters. The first kappa shape index (κ1) is 17.2. The normalized spacial score (nSPS) is 17.3. The third kappa shape index (κ3) is 3.29. The number of nitrogens with two attached hydrogens (primary N) is 1. The van der Waals surface area contributed by atoms with Gasteiger partial charge in [-0.1, -0.05) is 11.2 Å². The lowest BCUT2D eigenvalue weighted by atomic mass is 9.77. The van der Waals surface area contributed by atoms with Crippen LogP contribution in [0.1, 0.15) is 49.6 Å². The van der Waals surface area contributed by atoms with Gasteiger partial charge in [0.15, 0.2) is 11.9 Å². The second-order valence-electron chi connectivity index (χ2n) is 5.66. The fourth-order valence-electron chi connectivity index (χ4n) is 2.33. The fraction of sp³-hybridized carbons (Fsp3) is 0.467. The van der Waals surface area contributed by atoms with Crippen molar-refractivity contribution in [1.29, 1.82) is 0 Å². The third-order valence-electron chi connectivity index (χ3n) is 3.87. The van der Waals surface area contributed by atoms with E-state index in [0.717, 1.165) is 35.0 Å². The highest BCUT2D eigenvalue weighted by molar-refractivity contribution is 9.10. The number of hydrogen-bond donors (Lipinski definition) is 1. The monoisotopic (exact) mass is 387 g/mol. The lowest BCUT2D eigenvalue weighted by Gasteiger charge is -2.34. The quantitative estimate of drug-likeness (QED) is 0.855. The van der Waals surface area contributed by atoms with Crippen LogP contribution in [0, 0.1) is 6.92 Å². The summed E-state index contributed by atoms with van der Waals surface area (Å²) in [4.78, 5) is 4.40. The van der Waals surface area contributed by atoms with E-state index < -0.39 is 5.54 Å².